The monoisotopic (exact) mass is 261 g/mol. The number of ether oxygens (including phenoxy) is 1. The van der Waals surface area contributed by atoms with Gasteiger partial charge in [0.05, 0.1) is 12.1 Å². The van der Waals surface area contributed by atoms with Crippen LogP contribution in [0.1, 0.15) is 36.4 Å². The fraction of sp³-hybridized carbons (Fsp3) is 0.533. The lowest BCUT2D eigenvalue weighted by atomic mass is 10.1. The Kier molecular flexibility index (Phi) is 3.53. The van der Waals surface area contributed by atoms with E-state index in [2.05, 4.69) is 5.32 Å². The summed E-state index contributed by atoms with van der Waals surface area (Å²) in [6, 6.07) is 7.57. The number of rotatable bonds is 2. The Hall–Kier alpha value is -1.39. The summed E-state index contributed by atoms with van der Waals surface area (Å²) in [5.74, 6) is -0.0968. The van der Waals surface area contributed by atoms with Crippen LogP contribution in [0.3, 0.4) is 0 Å². The van der Waals surface area contributed by atoms with E-state index in [1.54, 1.807) is 0 Å². The van der Waals surface area contributed by atoms with Crippen LogP contribution in [-0.4, -0.2) is 29.8 Å². The first kappa shape index (κ1) is 12.6. The standard InChI is InChI=1S/C15H19NO3/c17-12-9-10-5-1-2-6-11(10)14(12)16-15(18)13-7-3-4-8-19-13/h1-2,5-6,12-14,17H,3-4,7-9H2,(H,16,18). The predicted molar refractivity (Wildman–Crippen MR) is 70.6 cm³/mol. The second-order valence-electron chi connectivity index (χ2n) is 5.31. The third kappa shape index (κ3) is 2.51. The number of carbonyl (C=O) groups is 1. The molecule has 1 aliphatic carbocycles. The van der Waals surface area contributed by atoms with Crippen molar-refractivity contribution in [3.05, 3.63) is 35.4 Å². The van der Waals surface area contributed by atoms with Crippen LogP contribution in [0.25, 0.3) is 0 Å². The third-order valence-corrected chi connectivity index (χ3v) is 3.97. The van der Waals surface area contributed by atoms with Crippen molar-refractivity contribution in [3.8, 4) is 0 Å². The molecule has 0 bridgehead atoms. The molecule has 0 spiro atoms. The summed E-state index contributed by atoms with van der Waals surface area (Å²) in [5.41, 5.74) is 2.14. The molecule has 1 aromatic carbocycles. The van der Waals surface area contributed by atoms with Crippen LogP contribution >= 0.6 is 0 Å². The maximum absolute atomic E-state index is 12.2. The van der Waals surface area contributed by atoms with E-state index >= 15 is 0 Å². The highest BCUT2D eigenvalue weighted by molar-refractivity contribution is 5.81. The van der Waals surface area contributed by atoms with Gasteiger partial charge in [0.15, 0.2) is 0 Å². The highest BCUT2D eigenvalue weighted by Gasteiger charge is 2.34. The number of amides is 1. The van der Waals surface area contributed by atoms with Crippen LogP contribution in [0.15, 0.2) is 24.3 Å². The van der Waals surface area contributed by atoms with Crippen LogP contribution in [0.5, 0.6) is 0 Å². The first-order valence-corrected chi connectivity index (χ1v) is 6.93. The normalized spacial score (nSPS) is 29.8. The molecule has 3 unspecified atom stereocenters. The zero-order valence-electron chi connectivity index (χ0n) is 10.8. The van der Waals surface area contributed by atoms with Gasteiger partial charge in [-0.3, -0.25) is 4.79 Å². The minimum Gasteiger partial charge on any atom is -0.390 e. The Morgan fingerprint density at radius 1 is 1.32 bits per heavy atom. The van der Waals surface area contributed by atoms with Crippen molar-refractivity contribution in [2.24, 2.45) is 0 Å². The molecule has 2 aliphatic rings. The largest absolute Gasteiger partial charge is 0.390 e. The lowest BCUT2D eigenvalue weighted by Gasteiger charge is -2.25. The van der Waals surface area contributed by atoms with Gasteiger partial charge in [-0.05, 0) is 30.4 Å². The number of carbonyl (C=O) groups excluding carboxylic acids is 1. The highest BCUT2D eigenvalue weighted by atomic mass is 16.5. The van der Waals surface area contributed by atoms with E-state index in [4.69, 9.17) is 4.74 Å². The Bertz CT molecular complexity index is 468. The van der Waals surface area contributed by atoms with Gasteiger partial charge >= 0.3 is 0 Å². The molecule has 1 saturated heterocycles. The summed E-state index contributed by atoms with van der Waals surface area (Å²) in [4.78, 5) is 12.2. The van der Waals surface area contributed by atoms with Crippen molar-refractivity contribution < 1.29 is 14.6 Å². The van der Waals surface area contributed by atoms with Gasteiger partial charge in [0.2, 0.25) is 5.91 Å². The van der Waals surface area contributed by atoms with Crippen LogP contribution in [0, 0.1) is 0 Å². The summed E-state index contributed by atoms with van der Waals surface area (Å²) in [6.45, 7) is 0.655. The molecule has 4 heteroatoms. The van der Waals surface area contributed by atoms with Gasteiger partial charge in [-0.25, -0.2) is 0 Å². The lowest BCUT2D eigenvalue weighted by molar-refractivity contribution is -0.137. The lowest BCUT2D eigenvalue weighted by Crippen LogP contribution is -2.42. The van der Waals surface area contributed by atoms with Gasteiger partial charge in [0, 0.05) is 13.0 Å². The fourth-order valence-electron chi connectivity index (χ4n) is 2.94. The summed E-state index contributed by atoms with van der Waals surface area (Å²) >= 11 is 0. The van der Waals surface area contributed by atoms with E-state index in [-0.39, 0.29) is 18.1 Å². The number of hydrogen-bond acceptors (Lipinski definition) is 3. The van der Waals surface area contributed by atoms with Gasteiger partial charge in [-0.2, -0.15) is 0 Å². The molecule has 3 atom stereocenters. The molecule has 1 aromatic rings. The average molecular weight is 261 g/mol. The molecule has 2 N–H and O–H groups in total. The van der Waals surface area contributed by atoms with Crippen molar-refractivity contribution in [2.75, 3.05) is 6.61 Å². The van der Waals surface area contributed by atoms with E-state index in [1.807, 2.05) is 24.3 Å². The van der Waals surface area contributed by atoms with Crippen molar-refractivity contribution >= 4 is 5.91 Å². The summed E-state index contributed by atoms with van der Waals surface area (Å²) in [5, 5.41) is 13.0. The zero-order chi connectivity index (χ0) is 13.2. The molecule has 19 heavy (non-hydrogen) atoms. The summed E-state index contributed by atoms with van der Waals surface area (Å²) < 4.78 is 5.48. The van der Waals surface area contributed by atoms with Crippen LogP contribution in [0.4, 0.5) is 0 Å². The van der Waals surface area contributed by atoms with E-state index in [0.29, 0.717) is 13.0 Å². The maximum Gasteiger partial charge on any atom is 0.249 e. The third-order valence-electron chi connectivity index (χ3n) is 3.97. The number of aliphatic hydroxyl groups excluding tert-OH is 1. The minimum atomic E-state index is -0.537. The molecule has 1 aliphatic heterocycles. The maximum atomic E-state index is 12.2. The minimum absolute atomic E-state index is 0.0968. The number of benzene rings is 1. The van der Waals surface area contributed by atoms with Gasteiger partial charge in [-0.15, -0.1) is 0 Å². The molecule has 4 nitrogen and oxygen atoms in total. The highest BCUT2D eigenvalue weighted by Crippen LogP contribution is 2.31. The SMILES string of the molecule is O=C(NC1c2ccccc2CC1O)C1CCCCO1. The van der Waals surface area contributed by atoms with Crippen LogP contribution < -0.4 is 5.32 Å². The molecule has 0 aromatic heterocycles. The van der Waals surface area contributed by atoms with Crippen molar-refractivity contribution in [3.63, 3.8) is 0 Å². The van der Waals surface area contributed by atoms with Crippen molar-refractivity contribution in [1.29, 1.82) is 0 Å². The fourth-order valence-corrected chi connectivity index (χ4v) is 2.94. The Balaban J connectivity index is 1.71. The Morgan fingerprint density at radius 2 is 2.16 bits per heavy atom. The predicted octanol–water partition coefficient (Wildman–Crippen LogP) is 1.33. The summed E-state index contributed by atoms with van der Waals surface area (Å²) in [7, 11) is 0. The average Bonchev–Trinajstić information content (AvgIpc) is 2.76. The molecule has 3 rings (SSSR count). The van der Waals surface area contributed by atoms with Crippen LogP contribution in [-0.2, 0) is 16.0 Å². The van der Waals surface area contributed by atoms with E-state index in [9.17, 15) is 9.90 Å². The Labute approximate surface area is 112 Å². The quantitative estimate of drug-likeness (QED) is 0.844. The summed E-state index contributed by atoms with van der Waals surface area (Å²) in [6.07, 6.45) is 2.54. The Morgan fingerprint density at radius 3 is 2.95 bits per heavy atom. The smallest absolute Gasteiger partial charge is 0.249 e. The van der Waals surface area contributed by atoms with Gasteiger partial charge in [0.1, 0.15) is 6.10 Å². The van der Waals surface area contributed by atoms with Gasteiger partial charge in [0.25, 0.3) is 0 Å². The molecule has 0 saturated carbocycles. The van der Waals surface area contributed by atoms with Crippen molar-refractivity contribution in [1.82, 2.24) is 5.32 Å². The molecule has 1 fully saturated rings. The molecule has 0 radical (unpaired) electrons. The van der Waals surface area contributed by atoms with E-state index in [0.717, 1.165) is 30.4 Å². The topological polar surface area (TPSA) is 58.6 Å². The first-order chi connectivity index (χ1) is 9.25. The van der Waals surface area contributed by atoms with Gasteiger partial charge < -0.3 is 15.2 Å². The van der Waals surface area contributed by atoms with Crippen LogP contribution in [0.2, 0.25) is 0 Å². The second-order valence-corrected chi connectivity index (χ2v) is 5.31. The zero-order valence-corrected chi connectivity index (χ0v) is 10.8. The van der Waals surface area contributed by atoms with Gasteiger partial charge in [-0.1, -0.05) is 24.3 Å². The number of hydrogen-bond donors (Lipinski definition) is 2. The molecular weight excluding hydrogens is 242 g/mol. The van der Waals surface area contributed by atoms with Crippen molar-refractivity contribution in [2.45, 2.75) is 43.9 Å². The van der Waals surface area contributed by atoms with E-state index in [1.165, 1.54) is 0 Å². The molecular formula is C15H19NO3. The van der Waals surface area contributed by atoms with E-state index < -0.39 is 6.10 Å². The number of aliphatic hydroxyl groups is 1. The molecule has 102 valence electrons. The first-order valence-electron chi connectivity index (χ1n) is 6.93. The molecule has 1 amide bonds. The second kappa shape index (κ2) is 5.31. The number of fused-ring (bicyclic) bond motifs is 1. The number of nitrogens with one attached hydrogen (secondary N) is 1. The molecule has 1 heterocycles.